The maximum Gasteiger partial charge on any atom is 0.350 e. The number of amides is 3. The Hall–Kier alpha value is -2.38. The minimum atomic E-state index is -0.396. The van der Waals surface area contributed by atoms with Crippen molar-refractivity contribution in [3.05, 3.63) is 48.2 Å². The van der Waals surface area contributed by atoms with Gasteiger partial charge in [0.2, 0.25) is 11.2 Å². The largest absolute Gasteiger partial charge is 0.465 e. The van der Waals surface area contributed by atoms with Crippen LogP contribution in [-0.4, -0.2) is 46.3 Å². The van der Waals surface area contributed by atoms with Crippen LogP contribution in [0.5, 0.6) is 0 Å². The second-order valence-electron chi connectivity index (χ2n) is 7.29. The molecule has 0 spiro atoms. The second kappa shape index (κ2) is 11.6. The van der Waals surface area contributed by atoms with Crippen LogP contribution < -0.4 is 16.4 Å². The Kier molecular flexibility index (Phi) is 9.00. The predicted octanol–water partition coefficient (Wildman–Crippen LogP) is 4.95. The number of esters is 1. The van der Waals surface area contributed by atoms with Crippen molar-refractivity contribution < 1.29 is 19.1 Å². The van der Waals surface area contributed by atoms with Crippen LogP contribution in [0.3, 0.4) is 0 Å². The second-order valence-corrected chi connectivity index (χ2v) is 11.9. The Labute approximate surface area is 223 Å². The standard InChI is InChI=1S/C7H4Cl2N2S.C7H8N2O2S.C7H9NO2S/c1-3-2-4-5(12-3)6(8)11-7(9)10-4;1-3-2-4-5(12-3)6(10)9-7(11)8-4;1-4-3-5(8)6(11-4)7(9)10-2/h2H,1H3;2,4-5H,1H3,(H2,8,9,10,11);3H,8H2,1-2H3. The predicted molar refractivity (Wildman–Crippen MR) is 143 cm³/mol. The lowest BCUT2D eigenvalue weighted by Crippen LogP contribution is -2.57. The Morgan fingerprint density at radius 2 is 1.80 bits per heavy atom. The third-order valence-corrected chi connectivity index (χ3v) is 8.44. The smallest absolute Gasteiger partial charge is 0.350 e. The van der Waals surface area contributed by atoms with Gasteiger partial charge >= 0.3 is 12.0 Å². The summed E-state index contributed by atoms with van der Waals surface area (Å²) in [7, 11) is 1.34. The van der Waals surface area contributed by atoms with Crippen LogP contribution in [0.4, 0.5) is 10.5 Å². The van der Waals surface area contributed by atoms with E-state index in [-0.39, 0.29) is 28.5 Å². The number of urea groups is 1. The number of anilines is 1. The molecule has 3 amide bonds. The van der Waals surface area contributed by atoms with Crippen LogP contribution in [0.15, 0.2) is 23.1 Å². The summed E-state index contributed by atoms with van der Waals surface area (Å²) in [5.74, 6) is -0.553. The molecule has 3 aromatic heterocycles. The van der Waals surface area contributed by atoms with Crippen molar-refractivity contribution in [3.63, 3.8) is 0 Å². The minimum absolute atomic E-state index is 0.115. The first-order chi connectivity index (χ1) is 16.5. The Balaban J connectivity index is 0.000000147. The van der Waals surface area contributed by atoms with Gasteiger partial charge in [0.05, 0.1) is 29.1 Å². The molecular weight excluding hydrogens is 553 g/mol. The van der Waals surface area contributed by atoms with Crippen LogP contribution in [0.1, 0.15) is 26.3 Å². The van der Waals surface area contributed by atoms with E-state index in [9.17, 15) is 14.4 Å². The van der Waals surface area contributed by atoms with Gasteiger partial charge in [-0.15, -0.1) is 34.4 Å². The number of methoxy groups -OCH3 is 1. The number of carbonyl (C=O) groups excluding carboxylic acids is 3. The number of aromatic nitrogens is 2. The fourth-order valence-electron chi connectivity index (χ4n) is 3.13. The van der Waals surface area contributed by atoms with Gasteiger partial charge in [0.15, 0.2) is 5.15 Å². The Morgan fingerprint density at radius 3 is 2.43 bits per heavy atom. The molecule has 14 heteroatoms. The minimum Gasteiger partial charge on any atom is -0.465 e. The molecular formula is C21H21Cl2N5O4S3. The zero-order valence-electron chi connectivity index (χ0n) is 19.0. The van der Waals surface area contributed by atoms with Crippen LogP contribution in [-0.2, 0) is 9.53 Å². The number of nitrogens with zero attached hydrogens (tertiary/aromatic N) is 2. The number of hydrogen-bond donors (Lipinski definition) is 3. The molecule has 2 aliphatic heterocycles. The molecule has 0 aromatic carbocycles. The first-order valence-corrected chi connectivity index (χ1v) is 13.2. The summed E-state index contributed by atoms with van der Waals surface area (Å²) >= 11 is 15.9. The highest BCUT2D eigenvalue weighted by molar-refractivity contribution is 8.04. The number of aryl methyl sites for hydroxylation is 2. The van der Waals surface area contributed by atoms with Gasteiger partial charge in [0, 0.05) is 9.75 Å². The van der Waals surface area contributed by atoms with Crippen LogP contribution in [0.25, 0.3) is 10.2 Å². The SMILES string of the molecule is CC1=CC2NC(=O)NC(=O)C2S1.COC(=O)c1sc(C)cc1N.Cc1cc2nc(Cl)nc(Cl)c2s1. The van der Waals surface area contributed by atoms with E-state index < -0.39 is 6.03 Å². The first kappa shape index (κ1) is 27.2. The van der Waals surface area contributed by atoms with Crippen molar-refractivity contribution in [2.75, 3.05) is 12.8 Å². The zero-order valence-corrected chi connectivity index (χ0v) is 22.9. The van der Waals surface area contributed by atoms with Crippen LogP contribution in [0, 0.1) is 13.8 Å². The molecule has 0 saturated carbocycles. The molecule has 35 heavy (non-hydrogen) atoms. The third-order valence-electron chi connectivity index (χ3n) is 4.53. The number of ether oxygens (including phenoxy) is 1. The lowest BCUT2D eigenvalue weighted by atomic mass is 10.1. The topological polar surface area (TPSA) is 136 Å². The van der Waals surface area contributed by atoms with Crippen molar-refractivity contribution in [1.29, 1.82) is 0 Å². The van der Waals surface area contributed by atoms with Gasteiger partial charge in [-0.3, -0.25) is 10.1 Å². The average Bonchev–Trinajstić information content (AvgIpc) is 3.43. The number of hydrogen-bond acceptors (Lipinski definition) is 10. The molecule has 0 bridgehead atoms. The summed E-state index contributed by atoms with van der Waals surface area (Å²) < 4.78 is 5.42. The fourth-order valence-corrected chi connectivity index (χ4v) is 6.41. The molecule has 0 aliphatic carbocycles. The van der Waals surface area contributed by atoms with Crippen LogP contribution in [0.2, 0.25) is 10.4 Å². The van der Waals surface area contributed by atoms with Gasteiger partial charge in [-0.05, 0) is 49.4 Å². The van der Waals surface area contributed by atoms with E-state index in [1.165, 1.54) is 30.2 Å². The van der Waals surface area contributed by atoms with Crippen molar-refractivity contribution in [1.82, 2.24) is 20.6 Å². The fraction of sp³-hybridized carbons (Fsp3) is 0.286. The molecule has 2 unspecified atom stereocenters. The number of thioether (sulfide) groups is 1. The summed E-state index contributed by atoms with van der Waals surface area (Å²) in [6, 6.07) is 3.19. The first-order valence-electron chi connectivity index (χ1n) is 9.98. The molecule has 9 nitrogen and oxygen atoms in total. The monoisotopic (exact) mass is 573 g/mol. The lowest BCUT2D eigenvalue weighted by molar-refractivity contribution is -0.120. The summed E-state index contributed by atoms with van der Waals surface area (Å²) in [4.78, 5) is 44.6. The number of nitrogens with one attached hydrogen (secondary N) is 2. The van der Waals surface area contributed by atoms with Gasteiger partial charge in [-0.25, -0.2) is 19.6 Å². The van der Waals surface area contributed by atoms with Gasteiger partial charge in [-0.2, -0.15) is 0 Å². The molecule has 5 heterocycles. The van der Waals surface area contributed by atoms with Crippen LogP contribution >= 0.6 is 57.6 Å². The maximum atomic E-state index is 11.2. The molecule has 2 aliphatic rings. The van der Waals surface area contributed by atoms with Gasteiger partial charge in [-0.1, -0.05) is 17.7 Å². The number of carbonyl (C=O) groups is 3. The van der Waals surface area contributed by atoms with E-state index in [1.54, 1.807) is 17.4 Å². The molecule has 5 rings (SSSR count). The van der Waals surface area contributed by atoms with E-state index in [0.717, 1.165) is 24.9 Å². The van der Waals surface area contributed by atoms with Crippen molar-refractivity contribution >= 4 is 91.4 Å². The van der Waals surface area contributed by atoms with E-state index >= 15 is 0 Å². The zero-order chi connectivity index (χ0) is 25.9. The van der Waals surface area contributed by atoms with Crippen molar-refractivity contribution in [3.8, 4) is 0 Å². The summed E-state index contributed by atoms with van der Waals surface area (Å²) in [5.41, 5.74) is 6.85. The summed E-state index contributed by atoms with van der Waals surface area (Å²) in [6.07, 6.45) is 1.91. The highest BCUT2D eigenvalue weighted by atomic mass is 35.5. The summed E-state index contributed by atoms with van der Waals surface area (Å²) in [6.45, 7) is 5.83. The van der Waals surface area contributed by atoms with E-state index in [0.29, 0.717) is 15.7 Å². The maximum absolute atomic E-state index is 11.2. The molecule has 1 fully saturated rings. The molecule has 3 aromatic rings. The van der Waals surface area contributed by atoms with Gasteiger partial charge < -0.3 is 15.8 Å². The quantitative estimate of drug-likeness (QED) is 0.211. The summed E-state index contributed by atoms with van der Waals surface area (Å²) in [5, 5.41) is 5.37. The average molecular weight is 575 g/mol. The molecule has 1 saturated heterocycles. The molecule has 0 radical (unpaired) electrons. The lowest BCUT2D eigenvalue weighted by Gasteiger charge is -2.24. The number of rotatable bonds is 1. The van der Waals surface area contributed by atoms with E-state index in [1.807, 2.05) is 32.9 Å². The Bertz CT molecular complexity index is 1320. The normalized spacial score (nSPS) is 18.3. The number of imide groups is 1. The van der Waals surface area contributed by atoms with Crippen molar-refractivity contribution in [2.45, 2.75) is 32.1 Å². The third kappa shape index (κ3) is 6.85. The number of allylic oxidation sites excluding steroid dienone is 1. The number of thiophene rings is 2. The Morgan fingerprint density at radius 1 is 1.11 bits per heavy atom. The number of nitrogen functional groups attached to an aromatic ring is 1. The number of nitrogens with two attached hydrogens (primary N) is 1. The molecule has 186 valence electrons. The highest BCUT2D eigenvalue weighted by Gasteiger charge is 2.38. The highest BCUT2D eigenvalue weighted by Crippen LogP contribution is 2.33. The van der Waals surface area contributed by atoms with Gasteiger partial charge in [0.25, 0.3) is 0 Å². The van der Waals surface area contributed by atoms with E-state index in [4.69, 9.17) is 28.9 Å². The van der Waals surface area contributed by atoms with Crippen molar-refractivity contribution in [2.24, 2.45) is 0 Å². The molecule has 4 N–H and O–H groups in total. The van der Waals surface area contributed by atoms with E-state index in [2.05, 4.69) is 25.3 Å². The molecule has 2 atom stereocenters. The number of fused-ring (bicyclic) bond motifs is 2. The van der Waals surface area contributed by atoms with Gasteiger partial charge in [0.1, 0.15) is 10.1 Å². The number of halogens is 2.